The molecule has 0 aliphatic rings. The van der Waals surface area contributed by atoms with Gasteiger partial charge >= 0.3 is 0 Å². The van der Waals surface area contributed by atoms with E-state index in [-0.39, 0.29) is 5.75 Å². The second-order valence-electron chi connectivity index (χ2n) is 3.73. The van der Waals surface area contributed by atoms with E-state index in [4.69, 9.17) is 4.74 Å². The number of aryl methyl sites for hydroxylation is 1. The quantitative estimate of drug-likeness (QED) is 0.751. The summed E-state index contributed by atoms with van der Waals surface area (Å²) in [4.78, 5) is 10.6. The van der Waals surface area contributed by atoms with Gasteiger partial charge in [-0.15, -0.1) is 0 Å². The number of hydrogen-bond donors (Lipinski definition) is 0. The lowest BCUT2D eigenvalue weighted by Gasteiger charge is -2.07. The molecule has 0 aliphatic carbocycles. The molecule has 0 aromatic heterocycles. The van der Waals surface area contributed by atoms with E-state index in [1.54, 1.807) is 43.3 Å². The first kappa shape index (κ1) is 11.3. The molecule has 0 spiro atoms. The molecular weight excluding hydrogens is 219 g/mol. The number of carbonyl (C=O) groups is 1. The van der Waals surface area contributed by atoms with Gasteiger partial charge in [0.2, 0.25) is 0 Å². The van der Waals surface area contributed by atoms with Gasteiger partial charge in [0.05, 0.1) is 0 Å². The summed E-state index contributed by atoms with van der Waals surface area (Å²) in [5.41, 5.74) is 1.33. The first-order valence-electron chi connectivity index (χ1n) is 5.18. The molecule has 0 saturated heterocycles. The second kappa shape index (κ2) is 4.78. The number of benzene rings is 2. The molecule has 2 aromatic rings. The number of hydrogen-bond acceptors (Lipinski definition) is 2. The third-order valence-electron chi connectivity index (χ3n) is 2.31. The molecule has 2 rings (SSSR count). The van der Waals surface area contributed by atoms with Crippen molar-refractivity contribution in [3.05, 3.63) is 59.4 Å². The molecule has 0 unspecified atom stereocenters. The van der Waals surface area contributed by atoms with Crippen molar-refractivity contribution in [3.8, 4) is 11.5 Å². The van der Waals surface area contributed by atoms with Crippen LogP contribution in [0.4, 0.5) is 4.39 Å². The van der Waals surface area contributed by atoms with Gasteiger partial charge in [0.15, 0.2) is 11.6 Å². The Kier molecular flexibility index (Phi) is 3.19. The maximum absolute atomic E-state index is 13.5. The van der Waals surface area contributed by atoms with Crippen LogP contribution in [0.25, 0.3) is 0 Å². The van der Waals surface area contributed by atoms with Crippen molar-refractivity contribution in [3.63, 3.8) is 0 Å². The maximum Gasteiger partial charge on any atom is 0.165 e. The Morgan fingerprint density at radius 2 is 2.00 bits per heavy atom. The van der Waals surface area contributed by atoms with Crippen molar-refractivity contribution >= 4 is 6.29 Å². The van der Waals surface area contributed by atoms with Crippen molar-refractivity contribution in [2.45, 2.75) is 6.92 Å². The van der Waals surface area contributed by atoms with Crippen LogP contribution in [0.2, 0.25) is 0 Å². The van der Waals surface area contributed by atoms with Gasteiger partial charge in [-0.2, -0.15) is 0 Å². The van der Waals surface area contributed by atoms with E-state index in [0.717, 1.165) is 11.8 Å². The summed E-state index contributed by atoms with van der Waals surface area (Å²) in [6.07, 6.45) is 0.721. The topological polar surface area (TPSA) is 26.3 Å². The number of ether oxygens (including phenoxy) is 1. The molecule has 0 saturated carbocycles. The minimum atomic E-state index is -0.415. The molecule has 0 bridgehead atoms. The van der Waals surface area contributed by atoms with Gasteiger partial charge in [0.25, 0.3) is 0 Å². The van der Waals surface area contributed by atoms with E-state index in [1.165, 1.54) is 6.07 Å². The van der Waals surface area contributed by atoms with Crippen LogP contribution in [0.1, 0.15) is 15.9 Å². The molecule has 0 radical (unpaired) electrons. The van der Waals surface area contributed by atoms with Crippen molar-refractivity contribution in [2.24, 2.45) is 0 Å². The summed E-state index contributed by atoms with van der Waals surface area (Å²) >= 11 is 0. The highest BCUT2D eigenvalue weighted by molar-refractivity contribution is 5.75. The van der Waals surface area contributed by atoms with Crippen molar-refractivity contribution < 1.29 is 13.9 Å². The van der Waals surface area contributed by atoms with E-state index in [2.05, 4.69) is 0 Å². The predicted octanol–water partition coefficient (Wildman–Crippen LogP) is 3.74. The van der Waals surface area contributed by atoms with Crippen molar-refractivity contribution in [2.75, 3.05) is 0 Å². The monoisotopic (exact) mass is 230 g/mol. The summed E-state index contributed by atoms with van der Waals surface area (Å²) in [5, 5.41) is 0. The Bertz CT molecular complexity index is 550. The van der Waals surface area contributed by atoms with E-state index in [1.807, 2.05) is 0 Å². The van der Waals surface area contributed by atoms with Gasteiger partial charge in [-0.05, 0) is 36.8 Å². The summed E-state index contributed by atoms with van der Waals surface area (Å²) < 4.78 is 18.9. The fourth-order valence-corrected chi connectivity index (χ4v) is 1.47. The zero-order valence-corrected chi connectivity index (χ0v) is 9.31. The van der Waals surface area contributed by atoms with E-state index in [9.17, 15) is 9.18 Å². The minimum Gasteiger partial charge on any atom is -0.454 e. The van der Waals surface area contributed by atoms with E-state index < -0.39 is 5.82 Å². The summed E-state index contributed by atoms with van der Waals surface area (Å²) in [6, 6.07) is 11.3. The summed E-state index contributed by atoms with van der Waals surface area (Å²) in [7, 11) is 0. The maximum atomic E-state index is 13.5. The van der Waals surface area contributed by atoms with Crippen molar-refractivity contribution in [1.82, 2.24) is 0 Å². The van der Waals surface area contributed by atoms with Crippen LogP contribution in [-0.2, 0) is 0 Å². The average Bonchev–Trinajstić information content (AvgIpc) is 2.33. The Labute approximate surface area is 98.7 Å². The predicted molar refractivity (Wildman–Crippen MR) is 63.0 cm³/mol. The lowest BCUT2D eigenvalue weighted by atomic mass is 10.2. The minimum absolute atomic E-state index is 0.152. The van der Waals surface area contributed by atoms with Gasteiger partial charge in [0, 0.05) is 5.56 Å². The summed E-state index contributed by atoms with van der Waals surface area (Å²) in [5.74, 6) is 0.178. The number of carbonyl (C=O) groups excluding carboxylic acids is 1. The Morgan fingerprint density at radius 3 is 2.71 bits per heavy atom. The van der Waals surface area contributed by atoms with Gasteiger partial charge in [-0.25, -0.2) is 4.39 Å². The molecular formula is C14H11FO2. The Balaban J connectivity index is 2.27. The average molecular weight is 230 g/mol. The molecule has 3 heteroatoms. The lowest BCUT2D eigenvalue weighted by Crippen LogP contribution is -1.90. The molecule has 0 aliphatic heterocycles. The zero-order valence-electron chi connectivity index (χ0n) is 9.31. The molecule has 0 heterocycles. The lowest BCUT2D eigenvalue weighted by molar-refractivity contribution is 0.112. The zero-order chi connectivity index (χ0) is 12.3. The van der Waals surface area contributed by atoms with Gasteiger partial charge in [0.1, 0.15) is 12.0 Å². The third kappa shape index (κ3) is 2.69. The molecule has 2 nitrogen and oxygen atoms in total. The molecule has 86 valence electrons. The van der Waals surface area contributed by atoms with Crippen LogP contribution in [0, 0.1) is 12.7 Å². The number of halogens is 1. The summed E-state index contributed by atoms with van der Waals surface area (Å²) in [6.45, 7) is 1.81. The van der Waals surface area contributed by atoms with Crippen LogP contribution in [0.5, 0.6) is 11.5 Å². The Morgan fingerprint density at radius 1 is 1.18 bits per heavy atom. The third-order valence-corrected chi connectivity index (χ3v) is 2.31. The Hall–Kier alpha value is -2.16. The number of rotatable bonds is 3. The van der Waals surface area contributed by atoms with Gasteiger partial charge in [-0.1, -0.05) is 18.2 Å². The SMILES string of the molecule is Cc1ccc(Oc2cccc(C=O)c2)c(F)c1. The number of aldehydes is 1. The highest BCUT2D eigenvalue weighted by Crippen LogP contribution is 2.25. The molecule has 17 heavy (non-hydrogen) atoms. The molecule has 2 aromatic carbocycles. The van der Waals surface area contributed by atoms with Gasteiger partial charge in [-0.3, -0.25) is 4.79 Å². The molecule has 0 atom stereocenters. The smallest absolute Gasteiger partial charge is 0.165 e. The van der Waals surface area contributed by atoms with Crippen LogP contribution in [0.3, 0.4) is 0 Å². The highest BCUT2D eigenvalue weighted by atomic mass is 19.1. The molecule has 0 amide bonds. The normalized spacial score (nSPS) is 10.0. The van der Waals surface area contributed by atoms with Crippen LogP contribution < -0.4 is 4.74 Å². The van der Waals surface area contributed by atoms with E-state index in [0.29, 0.717) is 11.3 Å². The standard InChI is InChI=1S/C14H11FO2/c1-10-5-6-14(13(15)7-10)17-12-4-2-3-11(8-12)9-16/h2-9H,1H3. The highest BCUT2D eigenvalue weighted by Gasteiger charge is 2.05. The second-order valence-corrected chi connectivity index (χ2v) is 3.73. The first-order chi connectivity index (χ1) is 8.19. The fraction of sp³-hybridized carbons (Fsp3) is 0.0714. The van der Waals surface area contributed by atoms with Crippen LogP contribution in [0.15, 0.2) is 42.5 Å². The van der Waals surface area contributed by atoms with Crippen LogP contribution in [-0.4, -0.2) is 6.29 Å². The first-order valence-corrected chi connectivity index (χ1v) is 5.18. The van der Waals surface area contributed by atoms with Crippen LogP contribution >= 0.6 is 0 Å². The van der Waals surface area contributed by atoms with E-state index >= 15 is 0 Å². The largest absolute Gasteiger partial charge is 0.454 e. The molecule has 0 fully saturated rings. The van der Waals surface area contributed by atoms with Crippen molar-refractivity contribution in [1.29, 1.82) is 0 Å². The fourth-order valence-electron chi connectivity index (χ4n) is 1.47. The van der Waals surface area contributed by atoms with Gasteiger partial charge < -0.3 is 4.74 Å². The molecule has 0 N–H and O–H groups in total.